The van der Waals surface area contributed by atoms with Gasteiger partial charge in [0.05, 0.1) is 0 Å². The summed E-state index contributed by atoms with van der Waals surface area (Å²) in [5.41, 5.74) is 3.77. The fourth-order valence-electron chi connectivity index (χ4n) is 5.32. The van der Waals surface area contributed by atoms with Crippen LogP contribution in [0.25, 0.3) is 21.8 Å². The van der Waals surface area contributed by atoms with E-state index in [4.69, 9.17) is 16.4 Å². The summed E-state index contributed by atoms with van der Waals surface area (Å²) in [5.74, 6) is -0.252. The number of Topliss-reactive ketones (excluding diaryl/α,β-unsaturated/α-hetero) is 1. The molecule has 0 spiro atoms. The van der Waals surface area contributed by atoms with Crippen LogP contribution in [0.1, 0.15) is 72.2 Å². The van der Waals surface area contributed by atoms with Crippen LogP contribution in [-0.4, -0.2) is 33.6 Å². The fraction of sp³-hybridized carbons (Fsp3) is 0.243. The summed E-state index contributed by atoms with van der Waals surface area (Å²) in [6, 6.07) is 28.0. The zero-order valence-electron chi connectivity index (χ0n) is 25.4. The summed E-state index contributed by atoms with van der Waals surface area (Å²) >= 11 is 7.59. The second kappa shape index (κ2) is 15.2. The predicted molar refractivity (Wildman–Crippen MR) is 184 cm³/mol. The van der Waals surface area contributed by atoms with Crippen molar-refractivity contribution in [2.75, 3.05) is 5.75 Å². The number of nitrogens with zero attached hydrogens (tertiary/aromatic N) is 2. The fourth-order valence-corrected chi connectivity index (χ4v) is 6.30. The molecule has 0 bridgehead atoms. The normalized spacial score (nSPS) is 11.7. The van der Waals surface area contributed by atoms with E-state index in [-0.39, 0.29) is 23.7 Å². The standard InChI is InChI=1S/C37H35ClN2O4S/c1-3-5-7-12-35(41)44-39-32(21-22-45-29-17-15-28(38)16-18-29)37(43)27-14-20-34-31(24-27)30-23-26(13-19-33(30)40(34)4-2)36(42)25-10-8-6-9-11-25/h6,8-11,13-20,23-24H,3-5,7,12,21-22H2,1-2H3/b39-32+. The van der Waals surface area contributed by atoms with Crippen molar-refractivity contribution in [3.05, 3.63) is 113 Å². The highest BCUT2D eigenvalue weighted by molar-refractivity contribution is 7.99. The molecule has 0 fully saturated rings. The van der Waals surface area contributed by atoms with Crippen molar-refractivity contribution in [3.63, 3.8) is 0 Å². The van der Waals surface area contributed by atoms with Gasteiger partial charge in [-0.15, -0.1) is 11.8 Å². The van der Waals surface area contributed by atoms with Crippen LogP contribution in [0, 0.1) is 0 Å². The maximum atomic E-state index is 13.9. The van der Waals surface area contributed by atoms with E-state index in [0.717, 1.165) is 46.1 Å². The Morgan fingerprint density at radius 3 is 2.11 bits per heavy atom. The van der Waals surface area contributed by atoms with Crippen molar-refractivity contribution in [1.82, 2.24) is 4.57 Å². The number of aromatic nitrogens is 1. The number of fused-ring (bicyclic) bond motifs is 3. The van der Waals surface area contributed by atoms with Gasteiger partial charge in [0.25, 0.3) is 0 Å². The average Bonchev–Trinajstić information content (AvgIpc) is 3.39. The molecule has 0 N–H and O–H groups in total. The Labute approximate surface area is 272 Å². The molecule has 0 amide bonds. The van der Waals surface area contributed by atoms with E-state index in [2.05, 4.69) is 23.6 Å². The largest absolute Gasteiger partial charge is 0.341 e. The molecule has 1 heterocycles. The first-order valence-electron chi connectivity index (χ1n) is 15.2. The zero-order valence-corrected chi connectivity index (χ0v) is 27.0. The molecule has 8 heteroatoms. The average molecular weight is 639 g/mol. The number of benzene rings is 4. The second-order valence-electron chi connectivity index (χ2n) is 10.7. The number of halogens is 1. The summed E-state index contributed by atoms with van der Waals surface area (Å²) < 4.78 is 2.17. The lowest BCUT2D eigenvalue weighted by molar-refractivity contribution is -0.143. The summed E-state index contributed by atoms with van der Waals surface area (Å²) in [7, 11) is 0. The van der Waals surface area contributed by atoms with Crippen LogP contribution in [0.15, 0.2) is 101 Å². The van der Waals surface area contributed by atoms with Crippen LogP contribution in [0.4, 0.5) is 0 Å². The molecule has 0 saturated carbocycles. The third-order valence-electron chi connectivity index (χ3n) is 7.67. The molecule has 6 nitrogen and oxygen atoms in total. The van der Waals surface area contributed by atoms with E-state index >= 15 is 0 Å². The number of hydrogen-bond acceptors (Lipinski definition) is 6. The van der Waals surface area contributed by atoms with E-state index in [1.165, 1.54) is 0 Å². The first-order chi connectivity index (χ1) is 21.9. The lowest BCUT2D eigenvalue weighted by atomic mass is 9.99. The van der Waals surface area contributed by atoms with Crippen molar-refractivity contribution in [2.45, 2.75) is 57.4 Å². The third kappa shape index (κ3) is 7.72. The van der Waals surface area contributed by atoms with Crippen LogP contribution < -0.4 is 0 Å². The number of hydrogen-bond donors (Lipinski definition) is 0. The number of carbonyl (C=O) groups is 3. The molecule has 230 valence electrons. The zero-order chi connectivity index (χ0) is 31.8. The van der Waals surface area contributed by atoms with Gasteiger partial charge in [0.15, 0.2) is 5.78 Å². The monoisotopic (exact) mass is 638 g/mol. The third-order valence-corrected chi connectivity index (χ3v) is 8.93. The molecule has 0 radical (unpaired) electrons. The molecule has 0 aliphatic rings. The Morgan fingerprint density at radius 2 is 1.44 bits per heavy atom. The number of carbonyl (C=O) groups excluding carboxylic acids is 3. The van der Waals surface area contributed by atoms with Gasteiger partial charge in [-0.3, -0.25) is 9.59 Å². The van der Waals surface area contributed by atoms with E-state index < -0.39 is 5.97 Å². The number of unbranched alkanes of at least 4 members (excludes halogenated alkanes) is 2. The minimum Gasteiger partial charge on any atom is -0.341 e. The maximum absolute atomic E-state index is 13.9. The Bertz CT molecular complexity index is 1860. The minimum atomic E-state index is -0.448. The second-order valence-corrected chi connectivity index (χ2v) is 12.3. The summed E-state index contributed by atoms with van der Waals surface area (Å²) in [6.45, 7) is 4.86. The minimum absolute atomic E-state index is 0.0597. The lowest BCUT2D eigenvalue weighted by Gasteiger charge is -2.08. The Balaban J connectivity index is 1.46. The molecule has 5 rings (SSSR count). The van der Waals surface area contributed by atoms with Gasteiger partial charge in [-0.05, 0) is 74.0 Å². The van der Waals surface area contributed by atoms with Gasteiger partial charge in [0, 0.05) is 73.6 Å². The molecule has 0 aliphatic heterocycles. The van der Waals surface area contributed by atoms with Gasteiger partial charge in [0.2, 0.25) is 5.78 Å². The van der Waals surface area contributed by atoms with Crippen molar-refractivity contribution in [2.24, 2.45) is 5.16 Å². The number of rotatable bonds is 14. The van der Waals surface area contributed by atoms with Crippen molar-refractivity contribution >= 4 is 68.4 Å². The van der Waals surface area contributed by atoms with E-state index in [0.29, 0.717) is 40.3 Å². The highest BCUT2D eigenvalue weighted by atomic mass is 35.5. The summed E-state index contributed by atoms with van der Waals surface area (Å²) in [4.78, 5) is 45.8. The molecular weight excluding hydrogens is 604 g/mol. The molecule has 45 heavy (non-hydrogen) atoms. The van der Waals surface area contributed by atoms with Crippen molar-refractivity contribution < 1.29 is 19.2 Å². The molecule has 0 aliphatic carbocycles. The van der Waals surface area contributed by atoms with E-state index in [1.54, 1.807) is 30.0 Å². The van der Waals surface area contributed by atoms with E-state index in [9.17, 15) is 14.4 Å². The van der Waals surface area contributed by atoms with E-state index in [1.807, 2.05) is 72.8 Å². The van der Waals surface area contributed by atoms with Crippen LogP contribution in [0.5, 0.6) is 0 Å². The Morgan fingerprint density at radius 1 is 0.778 bits per heavy atom. The first kappa shape index (κ1) is 32.2. The Hall–Kier alpha value is -4.20. The summed E-state index contributed by atoms with van der Waals surface area (Å²) in [5, 5.41) is 6.51. The number of thioether (sulfide) groups is 1. The van der Waals surface area contributed by atoms with Gasteiger partial charge < -0.3 is 9.40 Å². The molecular formula is C37H35ClN2O4S. The lowest BCUT2D eigenvalue weighted by Crippen LogP contribution is -2.17. The van der Waals surface area contributed by atoms with Crippen molar-refractivity contribution in [3.8, 4) is 0 Å². The van der Waals surface area contributed by atoms with Gasteiger partial charge in [-0.25, -0.2) is 4.79 Å². The molecule has 0 atom stereocenters. The van der Waals surface area contributed by atoms with Gasteiger partial charge in [0.1, 0.15) is 5.71 Å². The first-order valence-corrected chi connectivity index (χ1v) is 16.6. The van der Waals surface area contributed by atoms with Crippen molar-refractivity contribution in [1.29, 1.82) is 0 Å². The van der Waals surface area contributed by atoms with Crippen LogP contribution in [0.3, 0.4) is 0 Å². The molecule has 0 unspecified atom stereocenters. The molecule has 1 aromatic heterocycles. The van der Waals surface area contributed by atoms with Gasteiger partial charge in [-0.1, -0.05) is 66.9 Å². The quantitative estimate of drug-likeness (QED) is 0.0302. The summed E-state index contributed by atoms with van der Waals surface area (Å²) in [6.07, 6.45) is 3.19. The number of oxime groups is 1. The van der Waals surface area contributed by atoms with Crippen LogP contribution >= 0.6 is 23.4 Å². The highest BCUT2D eigenvalue weighted by Crippen LogP contribution is 2.32. The molecule has 5 aromatic rings. The molecule has 4 aromatic carbocycles. The topological polar surface area (TPSA) is 77.7 Å². The smallest absolute Gasteiger partial charge is 0.335 e. The van der Waals surface area contributed by atoms with Gasteiger partial charge >= 0.3 is 5.97 Å². The predicted octanol–water partition coefficient (Wildman–Crippen LogP) is 9.54. The number of ketones is 2. The number of aryl methyl sites for hydroxylation is 1. The SMILES string of the molecule is CCCCCC(=O)O/N=C(\CCSc1ccc(Cl)cc1)C(=O)c1ccc2c(c1)c1cc(C(=O)c3ccccc3)ccc1n2CC. The molecule has 0 saturated heterocycles. The van der Waals surface area contributed by atoms with Crippen LogP contribution in [0.2, 0.25) is 5.02 Å². The maximum Gasteiger partial charge on any atom is 0.335 e. The highest BCUT2D eigenvalue weighted by Gasteiger charge is 2.20. The van der Waals surface area contributed by atoms with Gasteiger partial charge in [-0.2, -0.15) is 0 Å². The Kier molecular flexibility index (Phi) is 10.9. The van der Waals surface area contributed by atoms with Crippen LogP contribution in [-0.2, 0) is 16.2 Å².